The van der Waals surface area contributed by atoms with Crippen LogP contribution in [-0.4, -0.2) is 28.9 Å². The highest BCUT2D eigenvalue weighted by atomic mass is 19.1. The molecule has 0 unspecified atom stereocenters. The minimum absolute atomic E-state index is 0.313. The van der Waals surface area contributed by atoms with Crippen LogP contribution in [0.15, 0.2) is 83.9 Å². The van der Waals surface area contributed by atoms with Gasteiger partial charge in [-0.3, -0.25) is 4.99 Å². The summed E-state index contributed by atoms with van der Waals surface area (Å²) < 4.78 is 18.8. The number of hydrogen-bond donors (Lipinski definition) is 1. The minimum Gasteiger partial charge on any atom is -0.481 e. The number of carboxylic acid groups (broad SMARTS) is 1. The lowest BCUT2D eigenvalue weighted by Crippen LogP contribution is -2.10. The molecule has 0 spiro atoms. The van der Waals surface area contributed by atoms with Crippen LogP contribution >= 0.6 is 0 Å². The Morgan fingerprint density at radius 1 is 1.00 bits per heavy atom. The Balaban J connectivity index is 1.51. The molecule has 0 bridgehead atoms. The molecule has 1 aromatic heterocycles. The molecule has 0 aliphatic heterocycles. The maximum absolute atomic E-state index is 13.5. The molecule has 0 atom stereocenters. The summed E-state index contributed by atoms with van der Waals surface area (Å²) >= 11 is 0. The molecule has 0 saturated heterocycles. The Hall–Kier alpha value is -4.32. The molecule has 4 rings (SSSR count). The van der Waals surface area contributed by atoms with Gasteiger partial charge in [0.1, 0.15) is 11.6 Å². The maximum Gasteiger partial charge on any atom is 0.341 e. The summed E-state index contributed by atoms with van der Waals surface area (Å²) in [6.07, 6.45) is 5.41. The Morgan fingerprint density at radius 2 is 1.84 bits per heavy atom. The summed E-state index contributed by atoms with van der Waals surface area (Å²) in [5.41, 5.74) is 3.67. The van der Waals surface area contributed by atoms with E-state index in [9.17, 15) is 9.18 Å². The quantitative estimate of drug-likeness (QED) is 0.382. The number of carboxylic acids is 1. The summed E-state index contributed by atoms with van der Waals surface area (Å²) in [6, 6.07) is 23.1. The summed E-state index contributed by atoms with van der Waals surface area (Å²) in [5.74, 6) is -0.901. The van der Waals surface area contributed by atoms with Gasteiger partial charge < -0.3 is 9.84 Å². The third-order valence-corrected chi connectivity index (χ3v) is 4.62. The molecule has 5 nitrogen and oxygen atoms in total. The smallest absolute Gasteiger partial charge is 0.341 e. The molecule has 1 N–H and O–H groups in total. The van der Waals surface area contributed by atoms with Gasteiger partial charge in [-0.05, 0) is 54.1 Å². The number of nitrogens with zero attached hydrogens (tertiary/aromatic N) is 2. The van der Waals surface area contributed by atoms with Gasteiger partial charge >= 0.3 is 5.97 Å². The standard InChI is InChI=1S/C26H19FN2O3/c27-21-11-9-19-10-13-22(29-24(19)15-21)12-8-18-4-3-6-23(14-18)28-16-20-5-1-2-7-25(20)32-17-26(30)31/h1-16H,17H2,(H,30,31). The molecular formula is C26H19FN2O3. The van der Waals surface area contributed by atoms with Crippen molar-refractivity contribution in [1.29, 1.82) is 0 Å². The molecule has 0 saturated carbocycles. The van der Waals surface area contributed by atoms with Gasteiger partial charge in [-0.25, -0.2) is 14.2 Å². The Kier molecular flexibility index (Phi) is 6.32. The van der Waals surface area contributed by atoms with Gasteiger partial charge in [0.15, 0.2) is 6.61 Å². The fraction of sp³-hybridized carbons (Fsp3) is 0.0385. The van der Waals surface area contributed by atoms with Crippen LogP contribution in [0.3, 0.4) is 0 Å². The molecule has 4 aromatic rings. The number of aliphatic imine (C=N–C) groups is 1. The summed E-state index contributed by atoms with van der Waals surface area (Å²) in [5, 5.41) is 9.70. The molecule has 0 aliphatic carbocycles. The zero-order valence-electron chi connectivity index (χ0n) is 17.0. The second kappa shape index (κ2) is 9.66. The zero-order chi connectivity index (χ0) is 22.3. The number of carbonyl (C=O) groups is 1. The molecule has 6 heteroatoms. The van der Waals surface area contributed by atoms with Crippen LogP contribution in [0.4, 0.5) is 10.1 Å². The Labute approximate surface area is 184 Å². The van der Waals surface area contributed by atoms with Gasteiger partial charge in [-0.2, -0.15) is 0 Å². The maximum atomic E-state index is 13.5. The number of ether oxygens (including phenoxy) is 1. The number of aromatic nitrogens is 1. The number of halogens is 1. The third-order valence-electron chi connectivity index (χ3n) is 4.62. The molecule has 0 radical (unpaired) electrons. The lowest BCUT2D eigenvalue weighted by atomic mass is 10.1. The van der Waals surface area contributed by atoms with Crippen LogP contribution in [0.2, 0.25) is 0 Å². The molecular weight excluding hydrogens is 407 g/mol. The van der Waals surface area contributed by atoms with E-state index in [4.69, 9.17) is 9.84 Å². The fourth-order valence-electron chi connectivity index (χ4n) is 3.09. The lowest BCUT2D eigenvalue weighted by Gasteiger charge is -2.06. The van der Waals surface area contributed by atoms with Crippen LogP contribution in [0.5, 0.6) is 5.75 Å². The predicted octanol–water partition coefficient (Wildman–Crippen LogP) is 5.76. The van der Waals surface area contributed by atoms with Crippen molar-refractivity contribution in [2.24, 2.45) is 4.99 Å². The monoisotopic (exact) mass is 426 g/mol. The Bertz CT molecular complexity index is 1330. The topological polar surface area (TPSA) is 71.8 Å². The highest BCUT2D eigenvalue weighted by Crippen LogP contribution is 2.20. The van der Waals surface area contributed by atoms with Crippen molar-refractivity contribution in [3.8, 4) is 5.75 Å². The first-order valence-corrected chi connectivity index (χ1v) is 9.89. The van der Waals surface area contributed by atoms with Crippen LogP contribution in [0.25, 0.3) is 23.1 Å². The minimum atomic E-state index is -1.04. The van der Waals surface area contributed by atoms with Gasteiger partial charge in [0.05, 0.1) is 16.9 Å². The number of rotatable bonds is 7. The van der Waals surface area contributed by atoms with Gasteiger partial charge in [-0.15, -0.1) is 0 Å². The molecule has 3 aromatic carbocycles. The fourth-order valence-corrected chi connectivity index (χ4v) is 3.09. The van der Waals surface area contributed by atoms with Crippen molar-refractivity contribution in [3.05, 3.63) is 102 Å². The van der Waals surface area contributed by atoms with E-state index in [2.05, 4.69) is 9.98 Å². The van der Waals surface area contributed by atoms with Gasteiger partial charge in [-0.1, -0.05) is 36.4 Å². The van der Waals surface area contributed by atoms with E-state index >= 15 is 0 Å². The average molecular weight is 426 g/mol. The van der Waals surface area contributed by atoms with Gasteiger partial charge in [0.25, 0.3) is 0 Å². The number of fused-ring (bicyclic) bond motifs is 1. The highest BCUT2D eigenvalue weighted by molar-refractivity contribution is 5.86. The first-order valence-electron chi connectivity index (χ1n) is 9.89. The van der Waals surface area contributed by atoms with E-state index in [0.29, 0.717) is 16.8 Å². The number of aliphatic carboxylic acids is 1. The second-order valence-electron chi connectivity index (χ2n) is 6.98. The van der Waals surface area contributed by atoms with E-state index < -0.39 is 12.6 Å². The molecule has 1 heterocycles. The summed E-state index contributed by atoms with van der Waals surface area (Å²) in [4.78, 5) is 19.7. The number of pyridine rings is 1. The molecule has 0 aliphatic rings. The van der Waals surface area contributed by atoms with Crippen LogP contribution < -0.4 is 4.74 Å². The van der Waals surface area contributed by atoms with Crippen molar-refractivity contribution in [2.45, 2.75) is 0 Å². The van der Waals surface area contributed by atoms with Crippen LogP contribution in [0.1, 0.15) is 16.8 Å². The van der Waals surface area contributed by atoms with E-state index in [1.54, 1.807) is 30.5 Å². The first kappa shape index (κ1) is 20.9. The lowest BCUT2D eigenvalue weighted by molar-refractivity contribution is -0.139. The average Bonchev–Trinajstić information content (AvgIpc) is 2.80. The zero-order valence-corrected chi connectivity index (χ0v) is 17.0. The molecule has 32 heavy (non-hydrogen) atoms. The molecule has 158 valence electrons. The highest BCUT2D eigenvalue weighted by Gasteiger charge is 2.04. The number of benzene rings is 3. The van der Waals surface area contributed by atoms with Crippen LogP contribution in [0, 0.1) is 5.82 Å². The van der Waals surface area contributed by atoms with Crippen molar-refractivity contribution < 1.29 is 19.0 Å². The largest absolute Gasteiger partial charge is 0.481 e. The molecule has 0 fully saturated rings. The van der Waals surface area contributed by atoms with E-state index in [-0.39, 0.29) is 5.82 Å². The SMILES string of the molecule is O=C(O)COc1ccccc1C=Nc1cccc(C=Cc2ccc3ccc(F)cc3n2)c1. The van der Waals surface area contributed by atoms with Crippen molar-refractivity contribution >= 4 is 40.9 Å². The summed E-state index contributed by atoms with van der Waals surface area (Å²) in [7, 11) is 0. The van der Waals surface area contributed by atoms with Gasteiger partial charge in [0.2, 0.25) is 0 Å². The predicted molar refractivity (Wildman–Crippen MR) is 124 cm³/mol. The van der Waals surface area contributed by atoms with Crippen LogP contribution in [-0.2, 0) is 4.79 Å². The third kappa shape index (κ3) is 5.43. The first-order chi connectivity index (χ1) is 15.6. The van der Waals surface area contributed by atoms with E-state index in [1.165, 1.54) is 12.1 Å². The normalized spacial score (nSPS) is 11.4. The van der Waals surface area contributed by atoms with Crippen molar-refractivity contribution in [2.75, 3.05) is 6.61 Å². The van der Waals surface area contributed by atoms with Crippen molar-refractivity contribution in [1.82, 2.24) is 4.98 Å². The number of hydrogen-bond acceptors (Lipinski definition) is 4. The second-order valence-corrected chi connectivity index (χ2v) is 6.98. The van der Waals surface area contributed by atoms with E-state index in [0.717, 1.165) is 22.3 Å². The Morgan fingerprint density at radius 3 is 2.72 bits per heavy atom. The van der Waals surface area contributed by atoms with E-state index in [1.807, 2.05) is 54.6 Å². The summed E-state index contributed by atoms with van der Waals surface area (Å²) in [6.45, 7) is -0.416. The number of para-hydroxylation sites is 1. The molecule has 0 amide bonds. The van der Waals surface area contributed by atoms with Crippen molar-refractivity contribution in [3.63, 3.8) is 0 Å². The van der Waals surface area contributed by atoms with Gasteiger partial charge in [0, 0.05) is 23.2 Å².